The lowest BCUT2D eigenvalue weighted by molar-refractivity contribution is 0.0938. The van der Waals surface area contributed by atoms with E-state index in [1.807, 2.05) is 24.3 Å². The Balaban J connectivity index is 1.48. The van der Waals surface area contributed by atoms with Crippen LogP contribution >= 0.6 is 11.3 Å². The van der Waals surface area contributed by atoms with Crippen molar-refractivity contribution in [2.45, 2.75) is 19.9 Å². The van der Waals surface area contributed by atoms with Gasteiger partial charge in [0.05, 0.1) is 5.69 Å². The molecule has 3 rings (SSSR count). The Morgan fingerprint density at radius 3 is 3.14 bits per heavy atom. The van der Waals surface area contributed by atoms with Crippen LogP contribution in [0.4, 0.5) is 0 Å². The van der Waals surface area contributed by atoms with Crippen molar-refractivity contribution in [2.24, 2.45) is 7.05 Å². The number of carbonyl (C=O) groups excluding carboxylic acids is 1. The summed E-state index contributed by atoms with van der Waals surface area (Å²) >= 11 is 1.85. The molecule has 112 valence electrons. The highest BCUT2D eigenvalue weighted by Crippen LogP contribution is 2.23. The average Bonchev–Trinajstić information content (AvgIpc) is 3.04. The molecule has 1 aliphatic rings. The molecule has 1 aliphatic heterocycles. The van der Waals surface area contributed by atoms with E-state index in [0.717, 1.165) is 31.7 Å². The topological polar surface area (TPSA) is 50.2 Å². The molecule has 2 aromatic rings. The van der Waals surface area contributed by atoms with Gasteiger partial charge in [0.15, 0.2) is 0 Å². The van der Waals surface area contributed by atoms with Crippen molar-refractivity contribution < 1.29 is 4.79 Å². The zero-order valence-electron chi connectivity index (χ0n) is 12.4. The van der Waals surface area contributed by atoms with Crippen molar-refractivity contribution in [1.29, 1.82) is 0 Å². The lowest BCUT2D eigenvalue weighted by Crippen LogP contribution is -2.37. The molecule has 0 fully saturated rings. The van der Waals surface area contributed by atoms with Gasteiger partial charge in [-0.05, 0) is 36.4 Å². The number of nitrogens with zero attached hydrogens (tertiary/aromatic N) is 3. The third-order valence-electron chi connectivity index (χ3n) is 3.83. The molecule has 0 unspecified atom stereocenters. The second-order valence-corrected chi connectivity index (χ2v) is 6.45. The first-order valence-corrected chi connectivity index (χ1v) is 8.08. The predicted molar refractivity (Wildman–Crippen MR) is 83.6 cm³/mol. The number of nitrogens with one attached hydrogen (secondary N) is 1. The molecular formula is C15H20N4OS. The number of amides is 1. The van der Waals surface area contributed by atoms with E-state index in [-0.39, 0.29) is 5.91 Å². The molecule has 0 spiro atoms. The van der Waals surface area contributed by atoms with Crippen molar-refractivity contribution in [2.75, 3.05) is 19.6 Å². The van der Waals surface area contributed by atoms with E-state index >= 15 is 0 Å². The van der Waals surface area contributed by atoms with E-state index in [9.17, 15) is 4.79 Å². The largest absolute Gasteiger partial charge is 0.349 e. The van der Waals surface area contributed by atoms with E-state index in [2.05, 4.69) is 26.8 Å². The van der Waals surface area contributed by atoms with Gasteiger partial charge in [0.2, 0.25) is 0 Å². The summed E-state index contributed by atoms with van der Waals surface area (Å²) in [5.74, 6) is -0.0497. The highest BCUT2D eigenvalue weighted by atomic mass is 32.1. The van der Waals surface area contributed by atoms with Gasteiger partial charge in [-0.15, -0.1) is 11.3 Å². The Hall–Kier alpha value is -1.66. The maximum absolute atomic E-state index is 12.1. The summed E-state index contributed by atoms with van der Waals surface area (Å²) in [6.07, 6.45) is 1.13. The molecule has 0 saturated carbocycles. The first-order chi connectivity index (χ1) is 10.1. The number of rotatable bonds is 4. The van der Waals surface area contributed by atoms with Gasteiger partial charge in [0.25, 0.3) is 5.91 Å². The van der Waals surface area contributed by atoms with Gasteiger partial charge >= 0.3 is 0 Å². The summed E-state index contributed by atoms with van der Waals surface area (Å²) < 4.78 is 1.63. The molecular weight excluding hydrogens is 284 g/mol. The van der Waals surface area contributed by atoms with Crippen LogP contribution in [0.2, 0.25) is 0 Å². The van der Waals surface area contributed by atoms with Crippen LogP contribution in [0.25, 0.3) is 0 Å². The summed E-state index contributed by atoms with van der Waals surface area (Å²) in [6.45, 7) is 5.52. The molecule has 3 heterocycles. The molecule has 6 heteroatoms. The summed E-state index contributed by atoms with van der Waals surface area (Å²) in [5.41, 5.74) is 2.93. The highest BCUT2D eigenvalue weighted by Gasteiger charge is 2.17. The maximum Gasteiger partial charge on any atom is 0.269 e. The minimum atomic E-state index is -0.0497. The Labute approximate surface area is 128 Å². The van der Waals surface area contributed by atoms with Crippen molar-refractivity contribution >= 4 is 17.2 Å². The van der Waals surface area contributed by atoms with Gasteiger partial charge in [-0.1, -0.05) is 0 Å². The van der Waals surface area contributed by atoms with Gasteiger partial charge in [-0.2, -0.15) is 5.10 Å². The normalized spacial score (nSPS) is 15.0. The summed E-state index contributed by atoms with van der Waals surface area (Å²) in [6, 6.07) is 4.02. The quantitative estimate of drug-likeness (QED) is 0.933. The van der Waals surface area contributed by atoms with Gasteiger partial charge in [0, 0.05) is 38.1 Å². The molecule has 5 nitrogen and oxygen atoms in total. The first kappa shape index (κ1) is 14.3. The van der Waals surface area contributed by atoms with E-state index in [1.165, 1.54) is 10.4 Å². The second-order valence-electron chi connectivity index (χ2n) is 5.45. The van der Waals surface area contributed by atoms with Crippen LogP contribution in [-0.4, -0.2) is 40.2 Å². The fourth-order valence-electron chi connectivity index (χ4n) is 2.74. The molecule has 0 radical (unpaired) electrons. The summed E-state index contributed by atoms with van der Waals surface area (Å²) in [5, 5.41) is 9.34. The lowest BCUT2D eigenvalue weighted by Gasteiger charge is -2.26. The number of hydrogen-bond acceptors (Lipinski definition) is 4. The van der Waals surface area contributed by atoms with Gasteiger partial charge in [-0.3, -0.25) is 14.4 Å². The van der Waals surface area contributed by atoms with Crippen LogP contribution < -0.4 is 5.32 Å². The molecule has 1 amide bonds. The first-order valence-electron chi connectivity index (χ1n) is 7.20. The van der Waals surface area contributed by atoms with Gasteiger partial charge in [-0.25, -0.2) is 0 Å². The number of aryl methyl sites for hydroxylation is 2. The smallest absolute Gasteiger partial charge is 0.269 e. The minimum Gasteiger partial charge on any atom is -0.349 e. The molecule has 2 aromatic heterocycles. The fourth-order valence-corrected chi connectivity index (χ4v) is 3.63. The third kappa shape index (κ3) is 3.16. The van der Waals surface area contributed by atoms with E-state index < -0.39 is 0 Å². The van der Waals surface area contributed by atoms with E-state index in [1.54, 1.807) is 11.7 Å². The summed E-state index contributed by atoms with van der Waals surface area (Å²) in [4.78, 5) is 16.0. The predicted octanol–water partition coefficient (Wildman–Crippen LogP) is 1.58. The average molecular weight is 304 g/mol. The lowest BCUT2D eigenvalue weighted by atomic mass is 10.1. The maximum atomic E-state index is 12.1. The Morgan fingerprint density at radius 2 is 2.38 bits per heavy atom. The number of aromatic nitrogens is 2. The molecule has 21 heavy (non-hydrogen) atoms. The van der Waals surface area contributed by atoms with Crippen molar-refractivity contribution in [3.63, 3.8) is 0 Å². The third-order valence-corrected chi connectivity index (χ3v) is 4.86. The summed E-state index contributed by atoms with van der Waals surface area (Å²) in [7, 11) is 1.80. The standard InChI is InChI=1S/C15H20N4OS/c1-11-9-13(18(2)17-11)15(20)16-5-7-19-6-3-14-12(10-19)4-8-21-14/h4,8-9H,3,5-7,10H2,1-2H3,(H,16,20). The van der Waals surface area contributed by atoms with E-state index in [4.69, 9.17) is 0 Å². The van der Waals surface area contributed by atoms with Crippen molar-refractivity contribution in [3.05, 3.63) is 39.3 Å². The molecule has 1 N–H and O–H groups in total. The minimum absolute atomic E-state index is 0.0497. The van der Waals surface area contributed by atoms with Crippen LogP contribution in [0.1, 0.15) is 26.6 Å². The SMILES string of the molecule is Cc1cc(C(=O)NCCN2CCc3sccc3C2)n(C)n1. The number of thiophene rings is 1. The fraction of sp³-hybridized carbons (Fsp3) is 0.467. The molecule has 0 saturated heterocycles. The van der Waals surface area contributed by atoms with Crippen LogP contribution in [0, 0.1) is 6.92 Å². The zero-order valence-corrected chi connectivity index (χ0v) is 13.2. The van der Waals surface area contributed by atoms with Gasteiger partial charge in [0.1, 0.15) is 5.69 Å². The van der Waals surface area contributed by atoms with Crippen LogP contribution in [0.3, 0.4) is 0 Å². The van der Waals surface area contributed by atoms with Crippen LogP contribution in [0.5, 0.6) is 0 Å². The Bertz CT molecular complexity index is 646. The van der Waals surface area contributed by atoms with Crippen LogP contribution in [0.15, 0.2) is 17.5 Å². The molecule has 0 aromatic carbocycles. The zero-order chi connectivity index (χ0) is 14.8. The number of fused-ring (bicyclic) bond motifs is 1. The van der Waals surface area contributed by atoms with Crippen molar-refractivity contribution in [3.8, 4) is 0 Å². The van der Waals surface area contributed by atoms with Crippen molar-refractivity contribution in [1.82, 2.24) is 20.0 Å². The van der Waals surface area contributed by atoms with E-state index in [0.29, 0.717) is 12.2 Å². The van der Waals surface area contributed by atoms with Gasteiger partial charge < -0.3 is 5.32 Å². The Morgan fingerprint density at radius 1 is 1.52 bits per heavy atom. The molecule has 0 bridgehead atoms. The number of hydrogen-bond donors (Lipinski definition) is 1. The highest BCUT2D eigenvalue weighted by molar-refractivity contribution is 7.10. The molecule has 0 atom stereocenters. The monoisotopic (exact) mass is 304 g/mol. The second kappa shape index (κ2) is 5.99. The van der Waals surface area contributed by atoms with Crippen LogP contribution in [-0.2, 0) is 20.0 Å². The number of carbonyl (C=O) groups is 1. The Kier molecular flexibility index (Phi) is 4.07. The molecule has 0 aliphatic carbocycles.